The van der Waals surface area contributed by atoms with Gasteiger partial charge < -0.3 is 15.9 Å². The summed E-state index contributed by atoms with van der Waals surface area (Å²) in [5.41, 5.74) is 7.39. The van der Waals surface area contributed by atoms with Gasteiger partial charge in [-0.05, 0) is 11.1 Å². The number of carbonyl (C=O) groups is 2. The van der Waals surface area contributed by atoms with Crippen molar-refractivity contribution in [1.29, 1.82) is 0 Å². The third-order valence-electron chi connectivity index (χ3n) is 2.59. The molecule has 0 aliphatic heterocycles. The molecule has 0 fully saturated rings. The van der Waals surface area contributed by atoms with Crippen LogP contribution in [0.1, 0.15) is 6.42 Å². The Labute approximate surface area is 122 Å². The third-order valence-corrected chi connectivity index (χ3v) is 2.59. The minimum absolute atomic E-state index is 0.532. The Morgan fingerprint density at radius 1 is 0.857 bits per heavy atom. The molecule has 0 aromatic heterocycles. The first kappa shape index (κ1) is 16.4. The zero-order valence-electron chi connectivity index (χ0n) is 11.3. The molecule has 0 saturated heterocycles. The first-order chi connectivity index (χ1) is 10.0. The standard InChI is InChI=1S/C12H10.C4H7NO4/c1-3-7-11(8-4-1)12-9-5-2-6-10-12;5-2(4(8)9)1-3(6)7/h1-10H;2H,1,5H2,(H,6,7)(H,8,9)/t;2-/m.0/s1. The molecule has 2 aromatic carbocycles. The largest absolute Gasteiger partial charge is 0.481 e. The van der Waals surface area contributed by atoms with Crippen molar-refractivity contribution in [1.82, 2.24) is 0 Å². The van der Waals surface area contributed by atoms with Crippen LogP contribution in [0.5, 0.6) is 0 Å². The van der Waals surface area contributed by atoms with E-state index in [-0.39, 0.29) is 0 Å². The van der Waals surface area contributed by atoms with Crippen LogP contribution in [0.3, 0.4) is 0 Å². The lowest BCUT2D eigenvalue weighted by Gasteiger charge is -1.99. The van der Waals surface area contributed by atoms with Crippen LogP contribution in [-0.2, 0) is 9.59 Å². The second kappa shape index (κ2) is 8.50. The Kier molecular flexibility index (Phi) is 6.63. The maximum atomic E-state index is 9.85. The Morgan fingerprint density at radius 3 is 1.48 bits per heavy atom. The number of hydrogen-bond donors (Lipinski definition) is 3. The van der Waals surface area contributed by atoms with Crippen LogP contribution in [0.15, 0.2) is 60.7 Å². The van der Waals surface area contributed by atoms with E-state index in [1.54, 1.807) is 0 Å². The van der Waals surface area contributed by atoms with E-state index in [0.717, 1.165) is 0 Å². The van der Waals surface area contributed by atoms with Crippen molar-refractivity contribution >= 4 is 11.9 Å². The van der Waals surface area contributed by atoms with Crippen molar-refractivity contribution in [2.24, 2.45) is 5.73 Å². The molecule has 0 heterocycles. The summed E-state index contributed by atoms with van der Waals surface area (Å²) < 4.78 is 0. The Balaban J connectivity index is 0.000000222. The zero-order chi connectivity index (χ0) is 15.7. The SMILES string of the molecule is N[C@@H](CC(=O)O)C(=O)O.c1ccc(-c2ccccc2)cc1. The molecule has 21 heavy (non-hydrogen) atoms. The molecule has 1 atom stereocenters. The number of rotatable bonds is 4. The lowest BCUT2D eigenvalue weighted by atomic mass is 10.1. The van der Waals surface area contributed by atoms with Gasteiger partial charge in [0.15, 0.2) is 0 Å². The molecular formula is C16H17NO4. The van der Waals surface area contributed by atoms with Crippen molar-refractivity contribution in [3.05, 3.63) is 60.7 Å². The molecule has 110 valence electrons. The lowest BCUT2D eigenvalue weighted by Crippen LogP contribution is -2.32. The average molecular weight is 287 g/mol. The first-order valence-corrected chi connectivity index (χ1v) is 6.31. The molecule has 0 aliphatic rings. The van der Waals surface area contributed by atoms with Crippen LogP contribution in [0.2, 0.25) is 0 Å². The highest BCUT2D eigenvalue weighted by atomic mass is 16.4. The molecule has 2 aromatic rings. The minimum atomic E-state index is -1.29. The van der Waals surface area contributed by atoms with Crippen molar-refractivity contribution in [3.63, 3.8) is 0 Å². The van der Waals surface area contributed by atoms with Crippen LogP contribution in [0.25, 0.3) is 11.1 Å². The maximum Gasteiger partial charge on any atom is 0.321 e. The predicted octanol–water partition coefficient (Wildman–Crippen LogP) is 2.23. The quantitative estimate of drug-likeness (QED) is 0.800. The van der Waals surface area contributed by atoms with Gasteiger partial charge in [0.1, 0.15) is 6.04 Å². The van der Waals surface area contributed by atoms with E-state index in [0.29, 0.717) is 0 Å². The van der Waals surface area contributed by atoms with Crippen molar-refractivity contribution in [3.8, 4) is 11.1 Å². The van der Waals surface area contributed by atoms with Gasteiger partial charge in [0.05, 0.1) is 6.42 Å². The summed E-state index contributed by atoms with van der Waals surface area (Å²) in [5, 5.41) is 16.0. The topological polar surface area (TPSA) is 101 Å². The molecule has 0 spiro atoms. The van der Waals surface area contributed by atoms with E-state index < -0.39 is 24.4 Å². The van der Waals surface area contributed by atoms with Crippen LogP contribution >= 0.6 is 0 Å². The van der Waals surface area contributed by atoms with E-state index in [2.05, 4.69) is 48.5 Å². The van der Waals surface area contributed by atoms with Gasteiger partial charge in [0, 0.05) is 0 Å². The zero-order valence-corrected chi connectivity index (χ0v) is 11.3. The molecule has 0 radical (unpaired) electrons. The maximum absolute atomic E-state index is 9.85. The van der Waals surface area contributed by atoms with Gasteiger partial charge in [-0.15, -0.1) is 0 Å². The van der Waals surface area contributed by atoms with Gasteiger partial charge in [0.2, 0.25) is 0 Å². The van der Waals surface area contributed by atoms with Crippen LogP contribution in [0, 0.1) is 0 Å². The van der Waals surface area contributed by atoms with Gasteiger partial charge in [-0.2, -0.15) is 0 Å². The predicted molar refractivity (Wildman–Crippen MR) is 79.7 cm³/mol. The molecular weight excluding hydrogens is 270 g/mol. The van der Waals surface area contributed by atoms with Gasteiger partial charge in [0.25, 0.3) is 0 Å². The second-order valence-electron chi connectivity index (χ2n) is 4.27. The van der Waals surface area contributed by atoms with E-state index >= 15 is 0 Å². The summed E-state index contributed by atoms with van der Waals surface area (Å²) >= 11 is 0. The van der Waals surface area contributed by atoms with E-state index in [1.165, 1.54) is 11.1 Å². The van der Waals surface area contributed by atoms with Gasteiger partial charge in [-0.1, -0.05) is 60.7 Å². The Hall–Kier alpha value is -2.66. The molecule has 0 bridgehead atoms. The number of aliphatic carboxylic acids is 2. The summed E-state index contributed by atoms with van der Waals surface area (Å²) in [6.45, 7) is 0. The number of carboxylic acids is 2. The third kappa shape index (κ3) is 6.35. The molecule has 5 nitrogen and oxygen atoms in total. The van der Waals surface area contributed by atoms with Gasteiger partial charge in [-0.3, -0.25) is 9.59 Å². The summed E-state index contributed by atoms with van der Waals surface area (Å²) in [7, 11) is 0. The normalized spacial score (nSPS) is 10.9. The van der Waals surface area contributed by atoms with Crippen molar-refractivity contribution < 1.29 is 19.8 Å². The van der Waals surface area contributed by atoms with Crippen molar-refractivity contribution in [2.45, 2.75) is 12.5 Å². The number of hydrogen-bond acceptors (Lipinski definition) is 3. The first-order valence-electron chi connectivity index (χ1n) is 6.31. The lowest BCUT2D eigenvalue weighted by molar-refractivity contribution is -0.144. The molecule has 4 N–H and O–H groups in total. The van der Waals surface area contributed by atoms with E-state index in [9.17, 15) is 9.59 Å². The highest BCUT2D eigenvalue weighted by molar-refractivity contribution is 5.80. The number of nitrogens with two attached hydrogens (primary N) is 1. The fourth-order valence-electron chi connectivity index (χ4n) is 1.54. The van der Waals surface area contributed by atoms with E-state index in [1.807, 2.05) is 12.1 Å². The minimum Gasteiger partial charge on any atom is -0.481 e. The molecule has 2 rings (SSSR count). The number of benzene rings is 2. The summed E-state index contributed by atoms with van der Waals surface area (Å²) in [4.78, 5) is 19.6. The van der Waals surface area contributed by atoms with Gasteiger partial charge in [-0.25, -0.2) is 0 Å². The summed E-state index contributed by atoms with van der Waals surface area (Å²) in [6, 6.07) is 19.5. The van der Waals surface area contributed by atoms with Crippen molar-refractivity contribution in [2.75, 3.05) is 0 Å². The molecule has 0 unspecified atom stereocenters. The monoisotopic (exact) mass is 287 g/mol. The Morgan fingerprint density at radius 2 is 1.24 bits per heavy atom. The molecule has 0 amide bonds. The van der Waals surface area contributed by atoms with Gasteiger partial charge >= 0.3 is 11.9 Å². The summed E-state index contributed by atoms with van der Waals surface area (Å²) in [5.74, 6) is -2.50. The fraction of sp³-hybridized carbons (Fsp3) is 0.125. The average Bonchev–Trinajstić information content (AvgIpc) is 2.49. The molecule has 0 saturated carbocycles. The smallest absolute Gasteiger partial charge is 0.321 e. The van der Waals surface area contributed by atoms with Crippen LogP contribution in [-0.4, -0.2) is 28.2 Å². The number of carboxylic acid groups (broad SMARTS) is 2. The Bertz CT molecular complexity index is 532. The van der Waals surface area contributed by atoms with Crippen LogP contribution < -0.4 is 5.73 Å². The van der Waals surface area contributed by atoms with E-state index in [4.69, 9.17) is 15.9 Å². The highest BCUT2D eigenvalue weighted by Crippen LogP contribution is 2.17. The van der Waals surface area contributed by atoms with Crippen LogP contribution in [0.4, 0.5) is 0 Å². The fourth-order valence-corrected chi connectivity index (χ4v) is 1.54. The molecule has 0 aliphatic carbocycles. The second-order valence-corrected chi connectivity index (χ2v) is 4.27. The summed E-state index contributed by atoms with van der Waals surface area (Å²) in [6.07, 6.45) is -0.532. The molecule has 5 heteroatoms. The highest BCUT2D eigenvalue weighted by Gasteiger charge is 2.14.